The molecule has 0 amide bonds. The van der Waals surface area contributed by atoms with Gasteiger partial charge in [0.05, 0.1) is 6.29 Å². The minimum absolute atomic E-state index is 0.416. The van der Waals surface area contributed by atoms with Gasteiger partial charge in [-0.05, 0) is 27.7 Å². The number of rotatable bonds is 5. The van der Waals surface area contributed by atoms with E-state index in [1.54, 1.807) is 0 Å². The Hall–Kier alpha value is 0.0300. The molecular formula is C7H18NO5P. The molecule has 0 spiro atoms. The SMILES string of the molecule is CC(C)(O)OP(=O)(CN)OC(C)(C)O. The van der Waals surface area contributed by atoms with E-state index < -0.39 is 25.5 Å². The van der Waals surface area contributed by atoms with Crippen molar-refractivity contribution in [3.05, 3.63) is 0 Å². The topological polar surface area (TPSA) is 102 Å². The van der Waals surface area contributed by atoms with Crippen LogP contribution in [-0.4, -0.2) is 28.1 Å². The second kappa shape index (κ2) is 4.26. The lowest BCUT2D eigenvalue weighted by atomic mass is 10.4. The van der Waals surface area contributed by atoms with E-state index in [0.717, 1.165) is 0 Å². The quantitative estimate of drug-likeness (QED) is 0.469. The zero-order valence-corrected chi connectivity index (χ0v) is 9.75. The van der Waals surface area contributed by atoms with Crippen molar-refractivity contribution in [2.24, 2.45) is 5.73 Å². The fraction of sp³-hybridized carbons (Fsp3) is 1.00. The molecule has 0 aliphatic carbocycles. The van der Waals surface area contributed by atoms with Crippen molar-refractivity contribution in [2.75, 3.05) is 6.29 Å². The Morgan fingerprint density at radius 1 is 1.14 bits per heavy atom. The predicted octanol–water partition coefficient (Wildman–Crippen LogP) is 0.586. The van der Waals surface area contributed by atoms with Crippen molar-refractivity contribution in [3.63, 3.8) is 0 Å². The molecule has 0 fully saturated rings. The minimum atomic E-state index is -3.67. The van der Waals surface area contributed by atoms with E-state index in [-0.39, 0.29) is 0 Å². The molecule has 0 atom stereocenters. The molecule has 7 heteroatoms. The van der Waals surface area contributed by atoms with Gasteiger partial charge in [0.1, 0.15) is 0 Å². The lowest BCUT2D eigenvalue weighted by Crippen LogP contribution is -2.29. The summed E-state index contributed by atoms with van der Waals surface area (Å²) in [4.78, 5) is 0. The first-order chi connectivity index (χ1) is 5.97. The van der Waals surface area contributed by atoms with Crippen molar-refractivity contribution < 1.29 is 23.8 Å². The highest BCUT2D eigenvalue weighted by Crippen LogP contribution is 2.51. The predicted molar refractivity (Wildman–Crippen MR) is 51.4 cm³/mol. The minimum Gasteiger partial charge on any atom is -0.365 e. The van der Waals surface area contributed by atoms with Gasteiger partial charge >= 0.3 is 7.60 Å². The van der Waals surface area contributed by atoms with Crippen LogP contribution in [-0.2, 0) is 13.6 Å². The summed E-state index contributed by atoms with van der Waals surface area (Å²) < 4.78 is 21.2. The molecule has 0 aliphatic heterocycles. The maximum Gasteiger partial charge on any atom is 0.349 e. The van der Waals surface area contributed by atoms with Gasteiger partial charge in [0.2, 0.25) is 0 Å². The van der Waals surface area contributed by atoms with Gasteiger partial charge in [0.15, 0.2) is 11.6 Å². The first kappa shape index (κ1) is 14.0. The summed E-state index contributed by atoms with van der Waals surface area (Å²) in [6.07, 6.45) is -0.416. The molecule has 0 bridgehead atoms. The third-order valence-corrected chi connectivity index (χ3v) is 2.85. The lowest BCUT2D eigenvalue weighted by molar-refractivity contribution is -0.148. The number of aliphatic hydroxyl groups is 2. The lowest BCUT2D eigenvalue weighted by Gasteiger charge is -2.29. The second-order valence-electron chi connectivity index (χ2n) is 3.87. The highest BCUT2D eigenvalue weighted by Gasteiger charge is 2.35. The Morgan fingerprint density at radius 3 is 1.57 bits per heavy atom. The zero-order valence-electron chi connectivity index (χ0n) is 8.85. The van der Waals surface area contributed by atoms with Crippen LogP contribution in [0.15, 0.2) is 0 Å². The molecule has 0 aromatic heterocycles. The van der Waals surface area contributed by atoms with Crippen LogP contribution in [0.4, 0.5) is 0 Å². The van der Waals surface area contributed by atoms with Gasteiger partial charge in [0.25, 0.3) is 0 Å². The zero-order chi connectivity index (χ0) is 11.6. The van der Waals surface area contributed by atoms with E-state index >= 15 is 0 Å². The Morgan fingerprint density at radius 2 is 1.43 bits per heavy atom. The molecule has 6 nitrogen and oxygen atoms in total. The molecular weight excluding hydrogens is 209 g/mol. The molecule has 0 saturated heterocycles. The molecule has 0 saturated carbocycles. The molecule has 0 aromatic rings. The van der Waals surface area contributed by atoms with E-state index in [2.05, 4.69) is 0 Å². The summed E-state index contributed by atoms with van der Waals surface area (Å²) in [5.74, 6) is -3.25. The van der Waals surface area contributed by atoms with Gasteiger partial charge in [-0.2, -0.15) is 0 Å². The molecule has 0 aliphatic rings. The van der Waals surface area contributed by atoms with Crippen LogP contribution in [0.1, 0.15) is 27.7 Å². The van der Waals surface area contributed by atoms with E-state index in [1.807, 2.05) is 0 Å². The Labute approximate surface area is 83.5 Å². The Bertz CT molecular complexity index is 209. The first-order valence-electron chi connectivity index (χ1n) is 4.13. The molecule has 0 rings (SSSR count). The highest BCUT2D eigenvalue weighted by atomic mass is 31.2. The van der Waals surface area contributed by atoms with Crippen molar-refractivity contribution in [1.29, 1.82) is 0 Å². The van der Waals surface area contributed by atoms with Gasteiger partial charge in [0, 0.05) is 0 Å². The second-order valence-corrected chi connectivity index (χ2v) is 5.82. The number of nitrogens with two attached hydrogens (primary N) is 1. The maximum atomic E-state index is 11.7. The number of hydrogen-bond donors (Lipinski definition) is 3. The molecule has 4 N–H and O–H groups in total. The monoisotopic (exact) mass is 227 g/mol. The maximum absolute atomic E-state index is 11.7. The standard InChI is InChI=1S/C7H18NO5P/c1-6(2,9)12-14(11,5-8)13-7(3,4)10/h9-10H,5,8H2,1-4H3. The van der Waals surface area contributed by atoms with Crippen molar-refractivity contribution >= 4 is 7.60 Å². The Kier molecular flexibility index (Phi) is 4.27. The third kappa shape index (κ3) is 6.48. The molecule has 0 radical (unpaired) electrons. The average Bonchev–Trinajstić information content (AvgIpc) is 1.78. The summed E-state index contributed by atoms with van der Waals surface area (Å²) in [7, 11) is -3.67. The van der Waals surface area contributed by atoms with Gasteiger partial charge < -0.3 is 15.9 Å². The van der Waals surface area contributed by atoms with Crippen molar-refractivity contribution in [2.45, 2.75) is 39.3 Å². The molecule has 86 valence electrons. The molecule has 0 unspecified atom stereocenters. The fourth-order valence-corrected chi connectivity index (χ4v) is 2.32. The van der Waals surface area contributed by atoms with Gasteiger partial charge in [-0.15, -0.1) is 0 Å². The van der Waals surface area contributed by atoms with Crippen LogP contribution < -0.4 is 5.73 Å². The molecule has 0 aromatic carbocycles. The van der Waals surface area contributed by atoms with Gasteiger partial charge in [-0.1, -0.05) is 0 Å². The van der Waals surface area contributed by atoms with Crippen LogP contribution in [0.3, 0.4) is 0 Å². The number of hydrogen-bond acceptors (Lipinski definition) is 6. The summed E-state index contributed by atoms with van der Waals surface area (Å²) in [6, 6.07) is 0. The molecule has 14 heavy (non-hydrogen) atoms. The van der Waals surface area contributed by atoms with Gasteiger partial charge in [-0.25, -0.2) is 0 Å². The van der Waals surface area contributed by atoms with Crippen LogP contribution in [0.2, 0.25) is 0 Å². The smallest absolute Gasteiger partial charge is 0.349 e. The Balaban J connectivity index is 4.59. The van der Waals surface area contributed by atoms with Crippen LogP contribution in [0.5, 0.6) is 0 Å². The highest BCUT2D eigenvalue weighted by molar-refractivity contribution is 7.53. The molecule has 0 heterocycles. The summed E-state index contributed by atoms with van der Waals surface area (Å²) in [5, 5.41) is 18.5. The van der Waals surface area contributed by atoms with E-state index in [1.165, 1.54) is 27.7 Å². The summed E-state index contributed by atoms with van der Waals surface area (Å²) in [5.41, 5.74) is 5.19. The van der Waals surface area contributed by atoms with Crippen LogP contribution in [0.25, 0.3) is 0 Å². The third-order valence-electron chi connectivity index (χ3n) is 0.949. The van der Waals surface area contributed by atoms with E-state index in [9.17, 15) is 14.8 Å². The van der Waals surface area contributed by atoms with Crippen molar-refractivity contribution in [1.82, 2.24) is 0 Å². The summed E-state index contributed by atoms with van der Waals surface area (Å²) in [6.45, 7) is 5.18. The van der Waals surface area contributed by atoms with Crippen LogP contribution in [0, 0.1) is 0 Å². The largest absolute Gasteiger partial charge is 0.365 e. The van der Waals surface area contributed by atoms with Crippen LogP contribution >= 0.6 is 7.60 Å². The normalized spacial score (nSPS) is 14.5. The fourth-order valence-electron chi connectivity index (χ4n) is 0.774. The van der Waals surface area contributed by atoms with Gasteiger partial charge in [-0.3, -0.25) is 13.6 Å². The summed E-state index contributed by atoms with van der Waals surface area (Å²) >= 11 is 0. The van der Waals surface area contributed by atoms with E-state index in [4.69, 9.17) is 14.8 Å². The van der Waals surface area contributed by atoms with E-state index in [0.29, 0.717) is 0 Å². The average molecular weight is 227 g/mol. The first-order valence-corrected chi connectivity index (χ1v) is 5.86. The van der Waals surface area contributed by atoms with Crippen molar-refractivity contribution in [3.8, 4) is 0 Å².